The molecule has 0 aromatic heterocycles. The molecule has 2 aliphatic heterocycles. The zero-order valence-corrected chi connectivity index (χ0v) is 11.9. The number of thioether (sulfide) groups is 1. The molecule has 17 heavy (non-hydrogen) atoms. The lowest BCUT2D eigenvalue weighted by atomic mass is 10.1. The lowest BCUT2D eigenvalue weighted by Gasteiger charge is -2.32. The number of likely N-dealkylation sites (tertiary alicyclic amines) is 1. The third kappa shape index (κ3) is 3.88. The minimum Gasteiger partial charge on any atom is -0.362 e. The second-order valence-corrected chi connectivity index (χ2v) is 6.34. The average molecular weight is 255 g/mol. The summed E-state index contributed by atoms with van der Waals surface area (Å²) in [5.74, 6) is 0. The Morgan fingerprint density at radius 3 is 2.71 bits per heavy atom. The molecule has 1 saturated heterocycles. The molecule has 2 aliphatic rings. The Kier molecular flexibility index (Phi) is 5.16. The Morgan fingerprint density at radius 1 is 1.35 bits per heavy atom. The van der Waals surface area contributed by atoms with Crippen LogP contribution in [0.5, 0.6) is 0 Å². The smallest absolute Gasteiger partial charge is 0.157 e. The summed E-state index contributed by atoms with van der Waals surface area (Å²) in [7, 11) is 0. The third-order valence-corrected chi connectivity index (χ3v) is 4.91. The number of hydrogen-bond acceptors (Lipinski definition) is 4. The normalized spacial score (nSPS) is 27.2. The van der Waals surface area contributed by atoms with E-state index in [0.29, 0.717) is 6.04 Å². The van der Waals surface area contributed by atoms with Crippen molar-refractivity contribution in [3.8, 4) is 0 Å². The SMILES string of the molecule is CCCN1CCC(NC2=NCC(CC)S2)CC1. The molecule has 0 radical (unpaired) electrons. The number of nitrogens with one attached hydrogen (secondary N) is 1. The maximum absolute atomic E-state index is 4.59. The Labute approximate surface area is 109 Å². The number of rotatable bonds is 4. The van der Waals surface area contributed by atoms with Crippen LogP contribution < -0.4 is 5.32 Å². The molecule has 0 amide bonds. The van der Waals surface area contributed by atoms with Crippen LogP contribution in [0.4, 0.5) is 0 Å². The summed E-state index contributed by atoms with van der Waals surface area (Å²) < 4.78 is 0. The fourth-order valence-corrected chi connectivity index (χ4v) is 3.52. The molecule has 1 fully saturated rings. The first-order valence-electron chi connectivity index (χ1n) is 7.01. The summed E-state index contributed by atoms with van der Waals surface area (Å²) >= 11 is 1.94. The van der Waals surface area contributed by atoms with Crippen LogP contribution in [0.1, 0.15) is 39.5 Å². The summed E-state index contributed by atoms with van der Waals surface area (Å²) in [5, 5.41) is 5.55. The van der Waals surface area contributed by atoms with E-state index in [2.05, 4.69) is 29.1 Å². The van der Waals surface area contributed by atoms with Gasteiger partial charge in [-0.05, 0) is 32.2 Å². The predicted molar refractivity (Wildman–Crippen MR) is 76.9 cm³/mol. The van der Waals surface area contributed by atoms with Gasteiger partial charge in [0.05, 0.1) is 6.54 Å². The fourth-order valence-electron chi connectivity index (χ4n) is 2.50. The standard InChI is InChI=1S/C13H25N3S/c1-3-7-16-8-5-11(6-9-16)15-13-14-10-12(4-2)17-13/h11-12H,3-10H2,1-2H3,(H,14,15). The summed E-state index contributed by atoms with van der Waals surface area (Å²) in [5.41, 5.74) is 0. The van der Waals surface area contributed by atoms with Gasteiger partial charge in [0.25, 0.3) is 0 Å². The molecule has 3 nitrogen and oxygen atoms in total. The van der Waals surface area contributed by atoms with Crippen molar-refractivity contribution in [3.05, 3.63) is 0 Å². The average Bonchev–Trinajstić information content (AvgIpc) is 2.80. The van der Waals surface area contributed by atoms with Gasteiger partial charge in [0.1, 0.15) is 0 Å². The summed E-state index contributed by atoms with van der Waals surface area (Å²) in [4.78, 5) is 7.17. The van der Waals surface area contributed by atoms with Gasteiger partial charge in [-0.2, -0.15) is 0 Å². The third-order valence-electron chi connectivity index (χ3n) is 3.63. The highest BCUT2D eigenvalue weighted by Gasteiger charge is 2.23. The van der Waals surface area contributed by atoms with Gasteiger partial charge in [-0.3, -0.25) is 4.99 Å². The largest absolute Gasteiger partial charge is 0.362 e. The van der Waals surface area contributed by atoms with Crippen molar-refractivity contribution in [2.45, 2.75) is 50.8 Å². The highest BCUT2D eigenvalue weighted by atomic mass is 32.2. The highest BCUT2D eigenvalue weighted by molar-refractivity contribution is 8.14. The molecule has 2 heterocycles. The van der Waals surface area contributed by atoms with Gasteiger partial charge >= 0.3 is 0 Å². The minimum absolute atomic E-state index is 0.657. The van der Waals surface area contributed by atoms with Crippen LogP contribution in [0.15, 0.2) is 4.99 Å². The topological polar surface area (TPSA) is 27.6 Å². The van der Waals surface area contributed by atoms with E-state index in [0.717, 1.165) is 11.8 Å². The van der Waals surface area contributed by atoms with Crippen molar-refractivity contribution in [1.29, 1.82) is 0 Å². The Morgan fingerprint density at radius 2 is 2.12 bits per heavy atom. The monoisotopic (exact) mass is 255 g/mol. The Bertz CT molecular complexity index is 259. The molecule has 0 spiro atoms. The molecular formula is C13H25N3S. The van der Waals surface area contributed by atoms with Crippen LogP contribution in [-0.4, -0.2) is 47.5 Å². The van der Waals surface area contributed by atoms with Crippen LogP contribution >= 0.6 is 11.8 Å². The van der Waals surface area contributed by atoms with E-state index in [-0.39, 0.29) is 0 Å². The molecule has 1 N–H and O–H groups in total. The molecular weight excluding hydrogens is 230 g/mol. The van der Waals surface area contributed by atoms with E-state index in [1.165, 1.54) is 50.5 Å². The van der Waals surface area contributed by atoms with Crippen LogP contribution in [0.3, 0.4) is 0 Å². The number of nitrogens with zero attached hydrogens (tertiary/aromatic N) is 2. The zero-order chi connectivity index (χ0) is 12.1. The van der Waals surface area contributed by atoms with Gasteiger partial charge in [-0.15, -0.1) is 0 Å². The molecule has 2 rings (SSSR count). The van der Waals surface area contributed by atoms with E-state index >= 15 is 0 Å². The van der Waals surface area contributed by atoms with Gasteiger partial charge in [0, 0.05) is 24.4 Å². The Balaban J connectivity index is 1.68. The molecule has 4 heteroatoms. The minimum atomic E-state index is 0.657. The first kappa shape index (κ1) is 13.2. The quantitative estimate of drug-likeness (QED) is 0.835. The predicted octanol–water partition coefficient (Wildman–Crippen LogP) is 2.33. The summed E-state index contributed by atoms with van der Waals surface area (Å²) in [6.07, 6.45) is 5.06. The second kappa shape index (κ2) is 6.64. The van der Waals surface area contributed by atoms with Gasteiger partial charge in [0.15, 0.2) is 5.17 Å². The molecule has 1 atom stereocenters. The van der Waals surface area contributed by atoms with Crippen LogP contribution in [0.25, 0.3) is 0 Å². The van der Waals surface area contributed by atoms with Crippen molar-refractivity contribution in [1.82, 2.24) is 10.2 Å². The van der Waals surface area contributed by atoms with Gasteiger partial charge < -0.3 is 10.2 Å². The van der Waals surface area contributed by atoms with Crippen molar-refractivity contribution < 1.29 is 0 Å². The lowest BCUT2D eigenvalue weighted by molar-refractivity contribution is 0.207. The van der Waals surface area contributed by atoms with Crippen molar-refractivity contribution in [2.75, 3.05) is 26.2 Å². The molecule has 0 bridgehead atoms. The van der Waals surface area contributed by atoms with E-state index in [1.807, 2.05) is 11.8 Å². The van der Waals surface area contributed by atoms with E-state index in [9.17, 15) is 0 Å². The van der Waals surface area contributed by atoms with Crippen LogP contribution in [0, 0.1) is 0 Å². The number of amidine groups is 1. The van der Waals surface area contributed by atoms with Gasteiger partial charge in [-0.25, -0.2) is 0 Å². The first-order valence-corrected chi connectivity index (χ1v) is 7.89. The number of hydrogen-bond donors (Lipinski definition) is 1. The molecule has 0 aliphatic carbocycles. The summed E-state index contributed by atoms with van der Waals surface area (Å²) in [6.45, 7) is 9.29. The van der Waals surface area contributed by atoms with Gasteiger partial charge in [-0.1, -0.05) is 25.6 Å². The van der Waals surface area contributed by atoms with E-state index in [1.54, 1.807) is 0 Å². The first-order chi connectivity index (χ1) is 8.31. The highest BCUT2D eigenvalue weighted by Crippen LogP contribution is 2.23. The Hall–Kier alpha value is -0.220. The molecule has 0 aromatic carbocycles. The molecule has 0 saturated carbocycles. The van der Waals surface area contributed by atoms with E-state index < -0.39 is 0 Å². The lowest BCUT2D eigenvalue weighted by Crippen LogP contribution is -2.43. The molecule has 1 unspecified atom stereocenters. The number of aliphatic imine (C=N–C) groups is 1. The second-order valence-electron chi connectivity index (χ2n) is 5.05. The van der Waals surface area contributed by atoms with Crippen molar-refractivity contribution >= 4 is 16.9 Å². The fraction of sp³-hybridized carbons (Fsp3) is 0.923. The van der Waals surface area contributed by atoms with Crippen molar-refractivity contribution in [2.24, 2.45) is 4.99 Å². The number of piperidine rings is 1. The van der Waals surface area contributed by atoms with Crippen molar-refractivity contribution in [3.63, 3.8) is 0 Å². The van der Waals surface area contributed by atoms with Gasteiger partial charge in [0.2, 0.25) is 0 Å². The maximum Gasteiger partial charge on any atom is 0.157 e. The molecule has 98 valence electrons. The molecule has 0 aromatic rings. The van der Waals surface area contributed by atoms with Crippen LogP contribution in [-0.2, 0) is 0 Å². The maximum atomic E-state index is 4.59. The summed E-state index contributed by atoms with van der Waals surface area (Å²) in [6, 6.07) is 0.657. The zero-order valence-electron chi connectivity index (χ0n) is 11.1. The van der Waals surface area contributed by atoms with E-state index in [4.69, 9.17) is 0 Å². The van der Waals surface area contributed by atoms with Crippen LogP contribution in [0.2, 0.25) is 0 Å².